The molecular weight excluding hydrogens is 430 g/mol. The fraction of sp³-hybridized carbons (Fsp3) is 0.652. The minimum absolute atomic E-state index is 0.0944. The summed E-state index contributed by atoms with van der Waals surface area (Å²) < 4.78 is 25.7. The third-order valence-electron chi connectivity index (χ3n) is 7.71. The Morgan fingerprint density at radius 3 is 2.42 bits per heavy atom. The van der Waals surface area contributed by atoms with Crippen LogP contribution >= 0.6 is 11.8 Å². The van der Waals surface area contributed by atoms with Gasteiger partial charge in [-0.15, -0.1) is 0 Å². The van der Waals surface area contributed by atoms with Crippen LogP contribution in [0.15, 0.2) is 28.3 Å². The Morgan fingerprint density at radius 1 is 1.19 bits per heavy atom. The van der Waals surface area contributed by atoms with Crippen molar-refractivity contribution in [3.63, 3.8) is 0 Å². The molecule has 4 fully saturated rings. The molecule has 0 aliphatic heterocycles. The van der Waals surface area contributed by atoms with Crippen LogP contribution in [0.3, 0.4) is 0 Å². The molecule has 2 aromatic rings. The van der Waals surface area contributed by atoms with E-state index in [1.165, 1.54) is 37.1 Å². The molecule has 2 N–H and O–H groups in total. The number of aryl methyl sites for hydroxylation is 1. The topological polar surface area (TPSA) is 95.0 Å². The van der Waals surface area contributed by atoms with Crippen LogP contribution in [-0.4, -0.2) is 29.5 Å². The van der Waals surface area contributed by atoms with Crippen LogP contribution in [0.5, 0.6) is 0 Å². The molecular formula is C23H31N3O3S2. The second-order valence-corrected chi connectivity index (χ2v) is 12.5. The Bertz CT molecular complexity index is 1090. The lowest BCUT2D eigenvalue weighted by atomic mass is 9.48. The van der Waals surface area contributed by atoms with E-state index in [2.05, 4.69) is 11.5 Å². The minimum Gasteiger partial charge on any atom is -0.319 e. The number of hydrogen-bond acceptors (Lipinski definition) is 5. The van der Waals surface area contributed by atoms with Crippen molar-refractivity contribution in [1.29, 1.82) is 0 Å². The predicted molar refractivity (Wildman–Crippen MR) is 122 cm³/mol. The van der Waals surface area contributed by atoms with Gasteiger partial charge in [0.2, 0.25) is 10.0 Å². The van der Waals surface area contributed by atoms with Crippen molar-refractivity contribution in [2.75, 3.05) is 5.75 Å². The van der Waals surface area contributed by atoms with Crippen molar-refractivity contribution in [3.05, 3.63) is 18.2 Å². The Morgan fingerprint density at radius 2 is 1.84 bits per heavy atom. The van der Waals surface area contributed by atoms with Crippen molar-refractivity contribution >= 4 is 38.6 Å². The Kier molecular flexibility index (Phi) is 5.46. The van der Waals surface area contributed by atoms with Crippen molar-refractivity contribution < 1.29 is 13.2 Å². The fourth-order valence-corrected chi connectivity index (χ4v) is 8.24. The highest BCUT2D eigenvalue weighted by atomic mass is 32.2. The number of primary sulfonamides is 1. The number of nitrogens with zero attached hydrogens (tertiary/aromatic N) is 2. The van der Waals surface area contributed by atoms with Gasteiger partial charge in [-0.25, -0.2) is 18.5 Å². The van der Waals surface area contributed by atoms with Gasteiger partial charge in [0.15, 0.2) is 5.16 Å². The number of unbranched alkanes of at least 4 members (excludes halogenated alkanes) is 1. The van der Waals surface area contributed by atoms with E-state index in [0.717, 1.165) is 72.6 Å². The molecule has 0 spiro atoms. The Labute approximate surface area is 188 Å². The number of sulfonamides is 1. The number of carbonyl (C=O) groups is 1. The molecule has 31 heavy (non-hydrogen) atoms. The summed E-state index contributed by atoms with van der Waals surface area (Å²) >= 11 is 1.52. The first kappa shape index (κ1) is 21.5. The molecule has 1 aromatic carbocycles. The zero-order valence-electron chi connectivity index (χ0n) is 18.0. The van der Waals surface area contributed by atoms with E-state index in [4.69, 9.17) is 10.1 Å². The molecule has 1 aromatic heterocycles. The first-order valence-electron chi connectivity index (χ1n) is 11.5. The summed E-state index contributed by atoms with van der Waals surface area (Å²) in [7, 11) is -3.78. The summed E-state index contributed by atoms with van der Waals surface area (Å²) in [5, 5.41) is 6.14. The number of fused-ring (bicyclic) bond motifs is 1. The molecule has 168 valence electrons. The van der Waals surface area contributed by atoms with Crippen molar-refractivity contribution in [1.82, 2.24) is 9.55 Å². The van der Waals surface area contributed by atoms with Gasteiger partial charge in [0.25, 0.3) is 0 Å². The van der Waals surface area contributed by atoms with Gasteiger partial charge in [-0.05, 0) is 80.9 Å². The van der Waals surface area contributed by atoms with Crippen LogP contribution in [-0.2, 0) is 21.4 Å². The molecule has 0 radical (unpaired) electrons. The van der Waals surface area contributed by atoms with Crippen LogP contribution in [0, 0.1) is 23.2 Å². The molecule has 4 saturated carbocycles. The number of aromatic nitrogens is 2. The lowest BCUT2D eigenvalue weighted by molar-refractivity contribution is -0.141. The lowest BCUT2D eigenvalue weighted by Gasteiger charge is -2.56. The number of Topliss-reactive ketones (excluding diaryl/α,β-unsaturated/α-hetero) is 1. The average molecular weight is 462 g/mol. The van der Waals surface area contributed by atoms with E-state index >= 15 is 0 Å². The van der Waals surface area contributed by atoms with E-state index in [-0.39, 0.29) is 10.3 Å². The van der Waals surface area contributed by atoms with Crippen LogP contribution in [0.1, 0.15) is 58.3 Å². The van der Waals surface area contributed by atoms with Crippen molar-refractivity contribution in [2.24, 2.45) is 28.3 Å². The highest BCUT2D eigenvalue weighted by Gasteiger charge is 2.54. The zero-order valence-corrected chi connectivity index (χ0v) is 19.7. The molecule has 4 bridgehead atoms. The van der Waals surface area contributed by atoms with Gasteiger partial charge in [-0.2, -0.15) is 0 Å². The monoisotopic (exact) mass is 461 g/mol. The summed E-state index contributed by atoms with van der Waals surface area (Å²) in [6.45, 7) is 2.87. The highest BCUT2D eigenvalue weighted by molar-refractivity contribution is 7.99. The number of rotatable bonds is 8. The van der Waals surface area contributed by atoms with E-state index in [0.29, 0.717) is 11.5 Å². The molecule has 4 aliphatic carbocycles. The largest absolute Gasteiger partial charge is 0.319 e. The van der Waals surface area contributed by atoms with Gasteiger partial charge in [0.05, 0.1) is 21.7 Å². The fourth-order valence-electron chi connectivity index (χ4n) is 6.64. The number of carbonyl (C=O) groups excluding carboxylic acids is 1. The van der Waals surface area contributed by atoms with E-state index in [9.17, 15) is 13.2 Å². The minimum atomic E-state index is -3.78. The maximum absolute atomic E-state index is 13.4. The van der Waals surface area contributed by atoms with E-state index in [1.54, 1.807) is 12.1 Å². The third kappa shape index (κ3) is 3.95. The smallest absolute Gasteiger partial charge is 0.238 e. The molecule has 1 heterocycles. The first-order chi connectivity index (χ1) is 14.8. The summed E-state index contributed by atoms with van der Waals surface area (Å²) in [6.07, 6.45) is 9.23. The SMILES string of the molecule is CCCCn1c(SCC(=O)C23CC4CC(CC(C4)C2)C3)nc2ccc(S(N)(=O)=O)cc21. The second kappa shape index (κ2) is 7.89. The average Bonchev–Trinajstić information content (AvgIpc) is 3.05. The Hall–Kier alpha value is -1.38. The third-order valence-corrected chi connectivity index (χ3v) is 9.60. The van der Waals surface area contributed by atoms with Gasteiger partial charge in [-0.3, -0.25) is 4.79 Å². The normalized spacial score (nSPS) is 29.7. The van der Waals surface area contributed by atoms with Crippen LogP contribution in [0.25, 0.3) is 11.0 Å². The molecule has 4 aliphatic rings. The number of thioether (sulfide) groups is 1. The van der Waals surface area contributed by atoms with E-state index in [1.807, 2.05) is 0 Å². The number of ketones is 1. The van der Waals surface area contributed by atoms with Crippen LogP contribution < -0.4 is 5.14 Å². The molecule has 6 nitrogen and oxygen atoms in total. The van der Waals surface area contributed by atoms with Gasteiger partial charge < -0.3 is 4.57 Å². The molecule has 8 heteroatoms. The number of hydrogen-bond donors (Lipinski definition) is 1. The maximum atomic E-state index is 13.4. The van der Waals surface area contributed by atoms with Crippen molar-refractivity contribution in [2.45, 2.75) is 74.9 Å². The van der Waals surface area contributed by atoms with Gasteiger partial charge in [0, 0.05) is 12.0 Å². The lowest BCUT2D eigenvalue weighted by Crippen LogP contribution is -2.50. The number of benzene rings is 1. The van der Waals surface area contributed by atoms with E-state index < -0.39 is 10.0 Å². The van der Waals surface area contributed by atoms with Crippen LogP contribution in [0.2, 0.25) is 0 Å². The molecule has 0 amide bonds. The van der Waals surface area contributed by atoms with Crippen molar-refractivity contribution in [3.8, 4) is 0 Å². The molecule has 6 rings (SSSR count). The standard InChI is InChI=1S/C23H31N3O3S2/c1-2-3-6-26-20-10-18(31(24,28)29)4-5-19(20)25-22(26)30-14-21(27)23-11-15-7-16(12-23)9-17(8-15)13-23/h4-5,10,15-17H,2-3,6-9,11-14H2,1H3,(H2,24,28,29). The summed E-state index contributed by atoms with van der Waals surface area (Å²) in [6, 6.07) is 4.82. The maximum Gasteiger partial charge on any atom is 0.238 e. The molecule has 0 unspecified atom stereocenters. The molecule has 0 saturated heterocycles. The Balaban J connectivity index is 1.40. The summed E-state index contributed by atoms with van der Waals surface area (Å²) in [4.78, 5) is 18.3. The second-order valence-electron chi connectivity index (χ2n) is 10.0. The predicted octanol–water partition coefficient (Wildman–Crippen LogP) is 4.36. The summed E-state index contributed by atoms with van der Waals surface area (Å²) in [5.41, 5.74) is 1.42. The quantitative estimate of drug-likeness (QED) is 0.589. The zero-order chi connectivity index (χ0) is 21.8. The number of imidazole rings is 1. The molecule has 0 atom stereocenters. The number of nitrogens with two attached hydrogens (primary N) is 1. The van der Waals surface area contributed by atoms with Gasteiger partial charge in [-0.1, -0.05) is 25.1 Å². The summed E-state index contributed by atoms with van der Waals surface area (Å²) in [5.74, 6) is 3.11. The first-order valence-corrected chi connectivity index (χ1v) is 14.0. The van der Waals surface area contributed by atoms with Gasteiger partial charge in [0.1, 0.15) is 5.78 Å². The van der Waals surface area contributed by atoms with Gasteiger partial charge >= 0.3 is 0 Å². The highest BCUT2D eigenvalue weighted by Crippen LogP contribution is 2.60. The van der Waals surface area contributed by atoms with Crippen LogP contribution in [0.4, 0.5) is 0 Å².